The van der Waals surface area contributed by atoms with Crippen molar-refractivity contribution < 1.29 is 4.79 Å². The minimum Gasteiger partial charge on any atom is -0.305 e. The van der Waals surface area contributed by atoms with Gasteiger partial charge in [-0.05, 0) is 38.0 Å². The molecular weight excluding hydrogens is 245 g/mol. The predicted molar refractivity (Wildman–Crippen MR) is 66.4 cm³/mol. The molecule has 0 aromatic heterocycles. The van der Waals surface area contributed by atoms with E-state index in [1.807, 2.05) is 6.92 Å². The molecule has 1 N–H and O–H groups in total. The van der Waals surface area contributed by atoms with Crippen molar-refractivity contribution in [1.29, 1.82) is 0 Å². The lowest BCUT2D eigenvalue weighted by atomic mass is 10.1. The molecule has 1 unspecified atom stereocenters. The molecule has 4 heteroatoms. The largest absolute Gasteiger partial charge is 0.305 e. The van der Waals surface area contributed by atoms with Gasteiger partial charge in [0.2, 0.25) is 0 Å². The molecule has 1 aromatic rings. The van der Waals surface area contributed by atoms with E-state index in [1.165, 1.54) is 0 Å². The molecule has 2 nitrogen and oxygen atoms in total. The van der Waals surface area contributed by atoms with Crippen molar-refractivity contribution >= 4 is 29.0 Å². The molecule has 2 rings (SSSR count). The van der Waals surface area contributed by atoms with Gasteiger partial charge in [0.1, 0.15) is 0 Å². The SMILES string of the molecule is CC(NC1CC1)C(=O)c1ccc(Cl)cc1Cl. The summed E-state index contributed by atoms with van der Waals surface area (Å²) in [6, 6.07) is 5.28. The van der Waals surface area contributed by atoms with E-state index in [1.54, 1.807) is 18.2 Å². The van der Waals surface area contributed by atoms with Crippen LogP contribution in [0, 0.1) is 0 Å². The number of hydrogen-bond acceptors (Lipinski definition) is 2. The molecule has 0 saturated heterocycles. The Labute approximate surface area is 105 Å². The molecule has 86 valence electrons. The minimum absolute atomic E-state index is 0.0218. The number of ketones is 1. The third kappa shape index (κ3) is 2.76. The Morgan fingerprint density at radius 3 is 2.69 bits per heavy atom. The average molecular weight is 258 g/mol. The predicted octanol–water partition coefficient (Wildman–Crippen LogP) is 3.32. The van der Waals surface area contributed by atoms with Crippen molar-refractivity contribution in [2.75, 3.05) is 0 Å². The lowest BCUT2D eigenvalue weighted by molar-refractivity contribution is 0.0950. The van der Waals surface area contributed by atoms with Gasteiger partial charge < -0.3 is 5.32 Å². The van der Waals surface area contributed by atoms with Crippen LogP contribution in [0.5, 0.6) is 0 Å². The fraction of sp³-hybridized carbons (Fsp3) is 0.417. The normalized spacial score (nSPS) is 17.2. The highest BCUT2D eigenvalue weighted by Gasteiger charge is 2.26. The summed E-state index contributed by atoms with van der Waals surface area (Å²) in [6.45, 7) is 1.87. The van der Waals surface area contributed by atoms with E-state index < -0.39 is 0 Å². The Morgan fingerprint density at radius 2 is 2.12 bits per heavy atom. The summed E-state index contributed by atoms with van der Waals surface area (Å²) in [4.78, 5) is 12.1. The minimum atomic E-state index is -0.189. The van der Waals surface area contributed by atoms with Crippen molar-refractivity contribution in [1.82, 2.24) is 5.32 Å². The summed E-state index contributed by atoms with van der Waals surface area (Å²) in [5.74, 6) is 0.0218. The quantitative estimate of drug-likeness (QED) is 0.839. The van der Waals surface area contributed by atoms with E-state index in [0.717, 1.165) is 12.8 Å². The van der Waals surface area contributed by atoms with E-state index >= 15 is 0 Å². The average Bonchev–Trinajstić information content (AvgIpc) is 3.00. The van der Waals surface area contributed by atoms with E-state index in [-0.39, 0.29) is 11.8 Å². The van der Waals surface area contributed by atoms with Gasteiger partial charge in [-0.15, -0.1) is 0 Å². The number of carbonyl (C=O) groups is 1. The topological polar surface area (TPSA) is 29.1 Å². The van der Waals surface area contributed by atoms with Crippen LogP contribution in [0.25, 0.3) is 0 Å². The molecule has 0 bridgehead atoms. The Morgan fingerprint density at radius 1 is 1.44 bits per heavy atom. The van der Waals surface area contributed by atoms with Gasteiger partial charge in [0.15, 0.2) is 5.78 Å². The first-order valence-corrected chi connectivity index (χ1v) is 6.09. The number of nitrogens with one attached hydrogen (secondary N) is 1. The van der Waals surface area contributed by atoms with Crippen LogP contribution < -0.4 is 5.32 Å². The van der Waals surface area contributed by atoms with E-state index in [9.17, 15) is 4.79 Å². The molecule has 1 fully saturated rings. The number of halogens is 2. The maximum Gasteiger partial charge on any atom is 0.180 e. The van der Waals surface area contributed by atoms with Crippen molar-refractivity contribution in [3.63, 3.8) is 0 Å². The molecule has 1 atom stereocenters. The highest BCUT2D eigenvalue weighted by atomic mass is 35.5. The smallest absolute Gasteiger partial charge is 0.180 e. The van der Waals surface area contributed by atoms with Crippen LogP contribution in [0.15, 0.2) is 18.2 Å². The van der Waals surface area contributed by atoms with Crippen LogP contribution >= 0.6 is 23.2 Å². The Balaban J connectivity index is 2.12. The first-order valence-electron chi connectivity index (χ1n) is 5.33. The summed E-state index contributed by atoms with van der Waals surface area (Å²) in [7, 11) is 0. The lowest BCUT2D eigenvalue weighted by Gasteiger charge is -2.13. The Bertz CT molecular complexity index is 415. The molecule has 0 heterocycles. The molecule has 1 aliphatic carbocycles. The first kappa shape index (κ1) is 11.9. The standard InChI is InChI=1S/C12H13Cl2NO/c1-7(15-9-3-4-9)12(16)10-5-2-8(13)6-11(10)14/h2,5-7,9,15H,3-4H2,1H3. The fourth-order valence-corrected chi connectivity index (χ4v) is 2.10. The molecule has 1 saturated carbocycles. The second-order valence-electron chi connectivity index (χ2n) is 4.15. The number of benzene rings is 1. The van der Waals surface area contributed by atoms with Gasteiger partial charge in [-0.1, -0.05) is 23.2 Å². The zero-order valence-electron chi connectivity index (χ0n) is 8.97. The molecule has 16 heavy (non-hydrogen) atoms. The van der Waals surface area contributed by atoms with Gasteiger partial charge in [-0.2, -0.15) is 0 Å². The van der Waals surface area contributed by atoms with Gasteiger partial charge in [-0.3, -0.25) is 4.79 Å². The number of rotatable bonds is 4. The maximum absolute atomic E-state index is 12.1. The van der Waals surface area contributed by atoms with Crippen LogP contribution in [0.3, 0.4) is 0 Å². The number of Topliss-reactive ketones (excluding diaryl/α,β-unsaturated/α-hetero) is 1. The summed E-state index contributed by atoms with van der Waals surface area (Å²) >= 11 is 11.8. The Kier molecular flexibility index (Phi) is 3.53. The van der Waals surface area contributed by atoms with Crippen LogP contribution in [0.4, 0.5) is 0 Å². The lowest BCUT2D eigenvalue weighted by Crippen LogP contribution is -2.35. The molecule has 0 amide bonds. The maximum atomic E-state index is 12.1. The van der Waals surface area contributed by atoms with E-state index in [2.05, 4.69) is 5.32 Å². The van der Waals surface area contributed by atoms with Crippen LogP contribution in [0.1, 0.15) is 30.1 Å². The summed E-state index contributed by atoms with van der Waals surface area (Å²) in [5, 5.41) is 4.22. The summed E-state index contributed by atoms with van der Waals surface area (Å²) < 4.78 is 0. The van der Waals surface area contributed by atoms with Gasteiger partial charge in [0.25, 0.3) is 0 Å². The molecule has 1 aliphatic rings. The van der Waals surface area contributed by atoms with Gasteiger partial charge in [-0.25, -0.2) is 0 Å². The third-order valence-electron chi connectivity index (χ3n) is 2.65. The van der Waals surface area contributed by atoms with Crippen molar-refractivity contribution in [3.05, 3.63) is 33.8 Å². The number of hydrogen-bond donors (Lipinski definition) is 1. The Hall–Kier alpha value is -0.570. The highest BCUT2D eigenvalue weighted by Crippen LogP contribution is 2.24. The van der Waals surface area contributed by atoms with Crippen LogP contribution in [-0.4, -0.2) is 17.9 Å². The molecule has 0 aliphatic heterocycles. The second-order valence-corrected chi connectivity index (χ2v) is 4.99. The van der Waals surface area contributed by atoms with Crippen LogP contribution in [-0.2, 0) is 0 Å². The van der Waals surface area contributed by atoms with Gasteiger partial charge >= 0.3 is 0 Å². The monoisotopic (exact) mass is 257 g/mol. The fourth-order valence-electron chi connectivity index (χ4n) is 1.60. The first-order chi connectivity index (χ1) is 7.58. The molecular formula is C12H13Cl2NO. The molecule has 0 radical (unpaired) electrons. The molecule has 1 aromatic carbocycles. The third-order valence-corrected chi connectivity index (χ3v) is 3.20. The summed E-state index contributed by atoms with van der Waals surface area (Å²) in [5.41, 5.74) is 0.534. The van der Waals surface area contributed by atoms with Crippen molar-refractivity contribution in [2.45, 2.75) is 31.8 Å². The van der Waals surface area contributed by atoms with Crippen molar-refractivity contribution in [3.8, 4) is 0 Å². The van der Waals surface area contributed by atoms with Gasteiger partial charge in [0, 0.05) is 16.6 Å². The van der Waals surface area contributed by atoms with Gasteiger partial charge in [0.05, 0.1) is 11.1 Å². The van der Waals surface area contributed by atoms with E-state index in [0.29, 0.717) is 21.7 Å². The number of carbonyl (C=O) groups excluding carboxylic acids is 1. The zero-order chi connectivity index (χ0) is 11.7. The van der Waals surface area contributed by atoms with Crippen LogP contribution in [0.2, 0.25) is 10.0 Å². The zero-order valence-corrected chi connectivity index (χ0v) is 10.5. The second kappa shape index (κ2) is 4.74. The highest BCUT2D eigenvalue weighted by molar-refractivity contribution is 6.37. The summed E-state index contributed by atoms with van der Waals surface area (Å²) in [6.07, 6.45) is 2.32. The van der Waals surface area contributed by atoms with E-state index in [4.69, 9.17) is 23.2 Å². The molecule has 0 spiro atoms. The van der Waals surface area contributed by atoms with Crippen molar-refractivity contribution in [2.24, 2.45) is 0 Å².